The highest BCUT2D eigenvalue weighted by Gasteiger charge is 2.20. The van der Waals surface area contributed by atoms with Gasteiger partial charge in [0, 0.05) is 37.9 Å². The Morgan fingerprint density at radius 1 is 1.12 bits per heavy atom. The third kappa shape index (κ3) is 6.65. The van der Waals surface area contributed by atoms with E-state index in [9.17, 15) is 4.79 Å². The minimum atomic E-state index is -0.00121. The Morgan fingerprint density at radius 2 is 1.97 bits per heavy atom. The molecular formula is C26H32N4O4. The molecule has 0 aliphatic carbocycles. The summed E-state index contributed by atoms with van der Waals surface area (Å²) in [6.45, 7) is 9.51. The lowest BCUT2D eigenvalue weighted by Crippen LogP contribution is -2.38. The van der Waals surface area contributed by atoms with Crippen LogP contribution in [0.25, 0.3) is 0 Å². The number of carbonyl (C=O) groups excluding carboxylic acids is 1. The van der Waals surface area contributed by atoms with E-state index in [1.807, 2.05) is 61.2 Å². The Labute approximate surface area is 200 Å². The van der Waals surface area contributed by atoms with Gasteiger partial charge in [-0.2, -0.15) is 0 Å². The number of hydrogen-bond acceptors (Lipinski definition) is 7. The smallest absolute Gasteiger partial charge is 0.227 e. The maximum absolute atomic E-state index is 13.3. The van der Waals surface area contributed by atoms with E-state index in [-0.39, 0.29) is 12.3 Å². The highest BCUT2D eigenvalue weighted by molar-refractivity contribution is 5.79. The van der Waals surface area contributed by atoms with Crippen molar-refractivity contribution in [2.75, 3.05) is 39.5 Å². The first-order chi connectivity index (χ1) is 16.6. The van der Waals surface area contributed by atoms with Crippen molar-refractivity contribution in [3.05, 3.63) is 76.9 Å². The number of aryl methyl sites for hydroxylation is 2. The summed E-state index contributed by atoms with van der Waals surface area (Å²) < 4.78 is 16.7. The number of nitrogens with zero attached hydrogens (tertiary/aromatic N) is 4. The van der Waals surface area contributed by atoms with Crippen molar-refractivity contribution < 1.29 is 18.8 Å². The molecule has 0 N–H and O–H groups in total. The standard InChI is InChI=1S/C26H32N4O4/c1-20-25(21(2)34-28-20)17-26(31)30(19-23-7-3-4-9-27-23)18-22-6-5-8-24(16-22)33-15-12-29-10-13-32-14-11-29/h3-9,16H,10-15,17-19H2,1-2H3. The topological polar surface area (TPSA) is 80.9 Å². The molecule has 0 spiro atoms. The summed E-state index contributed by atoms with van der Waals surface area (Å²) in [5.41, 5.74) is 3.44. The summed E-state index contributed by atoms with van der Waals surface area (Å²) in [6, 6.07) is 13.7. The van der Waals surface area contributed by atoms with Crippen molar-refractivity contribution >= 4 is 5.91 Å². The number of aromatic nitrogens is 2. The molecule has 180 valence electrons. The number of ether oxygens (including phenoxy) is 2. The highest BCUT2D eigenvalue weighted by Crippen LogP contribution is 2.19. The molecule has 2 aromatic heterocycles. The maximum atomic E-state index is 13.3. The van der Waals surface area contributed by atoms with E-state index in [1.54, 1.807) is 6.20 Å². The molecule has 34 heavy (non-hydrogen) atoms. The van der Waals surface area contributed by atoms with Crippen molar-refractivity contribution in [3.8, 4) is 5.75 Å². The first-order valence-electron chi connectivity index (χ1n) is 11.7. The molecule has 8 nitrogen and oxygen atoms in total. The van der Waals surface area contributed by atoms with Crippen LogP contribution in [0.5, 0.6) is 5.75 Å². The molecule has 1 saturated heterocycles. The Kier molecular flexibility index (Phi) is 8.27. The second kappa shape index (κ2) is 11.8. The molecule has 0 bridgehead atoms. The molecule has 0 saturated carbocycles. The first kappa shape index (κ1) is 23.9. The lowest BCUT2D eigenvalue weighted by Gasteiger charge is -2.26. The molecular weight excluding hydrogens is 432 g/mol. The van der Waals surface area contributed by atoms with Gasteiger partial charge in [0.15, 0.2) is 0 Å². The third-order valence-corrected chi connectivity index (χ3v) is 5.99. The summed E-state index contributed by atoms with van der Waals surface area (Å²) in [7, 11) is 0. The van der Waals surface area contributed by atoms with E-state index < -0.39 is 0 Å². The van der Waals surface area contributed by atoms with Crippen molar-refractivity contribution in [1.29, 1.82) is 0 Å². The summed E-state index contributed by atoms with van der Waals surface area (Å²) in [4.78, 5) is 21.9. The van der Waals surface area contributed by atoms with E-state index >= 15 is 0 Å². The fourth-order valence-electron chi connectivity index (χ4n) is 4.01. The molecule has 0 radical (unpaired) electrons. The monoisotopic (exact) mass is 464 g/mol. The molecule has 3 aromatic rings. The summed E-state index contributed by atoms with van der Waals surface area (Å²) in [5.74, 6) is 1.49. The molecule has 1 aliphatic rings. The molecule has 1 aliphatic heterocycles. The Balaban J connectivity index is 1.42. The zero-order valence-electron chi connectivity index (χ0n) is 19.9. The van der Waals surface area contributed by atoms with E-state index in [0.717, 1.165) is 61.1 Å². The zero-order chi connectivity index (χ0) is 23.8. The quantitative estimate of drug-likeness (QED) is 0.456. The molecule has 0 atom stereocenters. The second-order valence-electron chi connectivity index (χ2n) is 8.50. The average molecular weight is 465 g/mol. The first-order valence-corrected chi connectivity index (χ1v) is 11.7. The molecule has 3 heterocycles. The van der Waals surface area contributed by atoms with E-state index in [4.69, 9.17) is 14.0 Å². The van der Waals surface area contributed by atoms with Crippen LogP contribution in [0, 0.1) is 13.8 Å². The Bertz CT molecular complexity index is 1040. The lowest BCUT2D eigenvalue weighted by molar-refractivity contribution is -0.131. The number of pyridine rings is 1. The van der Waals surface area contributed by atoms with Gasteiger partial charge in [0.05, 0.1) is 37.6 Å². The van der Waals surface area contributed by atoms with Crippen LogP contribution in [0.3, 0.4) is 0 Å². The Hall–Kier alpha value is -3.23. The van der Waals surface area contributed by atoms with Gasteiger partial charge >= 0.3 is 0 Å². The molecule has 1 aromatic carbocycles. The third-order valence-electron chi connectivity index (χ3n) is 5.99. The van der Waals surface area contributed by atoms with Crippen LogP contribution >= 0.6 is 0 Å². The Morgan fingerprint density at radius 3 is 2.71 bits per heavy atom. The van der Waals surface area contributed by atoms with Gasteiger partial charge in [0.2, 0.25) is 5.91 Å². The molecule has 4 rings (SSSR count). The number of carbonyl (C=O) groups is 1. The van der Waals surface area contributed by atoms with Crippen molar-refractivity contribution in [2.24, 2.45) is 0 Å². The predicted molar refractivity (Wildman–Crippen MR) is 127 cm³/mol. The summed E-state index contributed by atoms with van der Waals surface area (Å²) in [5, 5.41) is 3.99. The van der Waals surface area contributed by atoms with Crippen molar-refractivity contribution in [1.82, 2.24) is 19.9 Å². The SMILES string of the molecule is Cc1noc(C)c1CC(=O)N(Cc1cccc(OCCN2CCOCC2)c1)Cc1ccccn1. The number of amides is 1. The van der Waals surface area contributed by atoms with Gasteiger partial charge in [-0.3, -0.25) is 14.7 Å². The van der Waals surface area contributed by atoms with Gasteiger partial charge in [0.25, 0.3) is 0 Å². The van der Waals surface area contributed by atoms with Crippen LogP contribution < -0.4 is 4.74 Å². The minimum Gasteiger partial charge on any atom is -0.492 e. The van der Waals surface area contributed by atoms with Crippen LogP contribution in [0.2, 0.25) is 0 Å². The molecule has 1 amide bonds. The largest absolute Gasteiger partial charge is 0.492 e. The van der Waals surface area contributed by atoms with E-state index in [2.05, 4.69) is 15.0 Å². The number of rotatable bonds is 10. The summed E-state index contributed by atoms with van der Waals surface area (Å²) >= 11 is 0. The lowest BCUT2D eigenvalue weighted by atomic mass is 10.1. The van der Waals surface area contributed by atoms with Gasteiger partial charge in [-0.15, -0.1) is 0 Å². The highest BCUT2D eigenvalue weighted by atomic mass is 16.5. The van der Waals surface area contributed by atoms with Crippen molar-refractivity contribution in [3.63, 3.8) is 0 Å². The fraction of sp³-hybridized carbons (Fsp3) is 0.423. The molecule has 1 fully saturated rings. The van der Waals surface area contributed by atoms with Gasteiger partial charge in [0.1, 0.15) is 18.1 Å². The molecule has 0 unspecified atom stereocenters. The van der Waals surface area contributed by atoms with Crippen LogP contribution in [0.15, 0.2) is 53.2 Å². The van der Waals surface area contributed by atoms with E-state index in [1.165, 1.54) is 0 Å². The van der Waals surface area contributed by atoms with E-state index in [0.29, 0.717) is 25.5 Å². The second-order valence-corrected chi connectivity index (χ2v) is 8.50. The van der Waals surface area contributed by atoms with Crippen LogP contribution in [0.1, 0.15) is 28.3 Å². The van der Waals surface area contributed by atoms with Crippen LogP contribution in [-0.2, 0) is 29.0 Å². The van der Waals surface area contributed by atoms with Gasteiger partial charge in [-0.25, -0.2) is 0 Å². The van der Waals surface area contributed by atoms with Crippen molar-refractivity contribution in [2.45, 2.75) is 33.4 Å². The minimum absolute atomic E-state index is 0.00121. The van der Waals surface area contributed by atoms with Crippen LogP contribution in [0.4, 0.5) is 0 Å². The maximum Gasteiger partial charge on any atom is 0.227 e. The van der Waals surface area contributed by atoms with Gasteiger partial charge in [-0.1, -0.05) is 23.4 Å². The van der Waals surface area contributed by atoms with Gasteiger partial charge in [-0.05, 0) is 43.7 Å². The zero-order valence-corrected chi connectivity index (χ0v) is 19.9. The molecule has 8 heteroatoms. The number of hydrogen-bond donors (Lipinski definition) is 0. The van der Waals surface area contributed by atoms with Gasteiger partial charge < -0.3 is 18.9 Å². The summed E-state index contributed by atoms with van der Waals surface area (Å²) in [6.07, 6.45) is 1.99. The van der Waals surface area contributed by atoms with Crippen LogP contribution in [-0.4, -0.2) is 65.3 Å². The average Bonchev–Trinajstić information content (AvgIpc) is 3.17. The predicted octanol–water partition coefficient (Wildman–Crippen LogP) is 3.17. The fourth-order valence-corrected chi connectivity index (χ4v) is 4.01. The number of benzene rings is 1. The number of morpholine rings is 1. The normalized spacial score (nSPS) is 14.2.